The van der Waals surface area contributed by atoms with Crippen molar-refractivity contribution in [3.05, 3.63) is 34.7 Å². The van der Waals surface area contributed by atoms with Crippen LogP contribution in [0.1, 0.15) is 30.2 Å². The summed E-state index contributed by atoms with van der Waals surface area (Å²) in [6.45, 7) is 7.89. The van der Waals surface area contributed by atoms with E-state index in [1.54, 1.807) is 5.56 Å². The molecule has 0 aliphatic carbocycles. The molecule has 0 unspecified atom stereocenters. The minimum atomic E-state index is 1.01. The van der Waals surface area contributed by atoms with Crippen molar-refractivity contribution < 1.29 is 0 Å². The molecule has 1 aromatic carbocycles. The molecule has 102 valence electrons. The Morgan fingerprint density at radius 1 is 1.21 bits per heavy atom. The third kappa shape index (κ3) is 2.83. The number of nitrogens with one attached hydrogen (secondary N) is 1. The maximum atomic E-state index is 3.48. The molecule has 2 heterocycles. The van der Waals surface area contributed by atoms with Crippen LogP contribution >= 0.6 is 11.3 Å². The van der Waals surface area contributed by atoms with Crippen molar-refractivity contribution in [3.8, 4) is 0 Å². The minimum absolute atomic E-state index is 1.01. The first-order valence-electron chi connectivity index (χ1n) is 7.31. The highest BCUT2D eigenvalue weighted by Gasteiger charge is 2.17. The summed E-state index contributed by atoms with van der Waals surface area (Å²) in [6.07, 6.45) is 2.73. The maximum absolute atomic E-state index is 3.48. The first-order chi connectivity index (χ1) is 9.38. The van der Waals surface area contributed by atoms with Gasteiger partial charge in [0.2, 0.25) is 0 Å². The third-order valence-corrected chi connectivity index (χ3v) is 5.11. The fourth-order valence-electron chi connectivity index (χ4n) is 2.87. The van der Waals surface area contributed by atoms with Gasteiger partial charge in [-0.3, -0.25) is 4.90 Å². The van der Waals surface area contributed by atoms with E-state index >= 15 is 0 Å². The number of likely N-dealkylation sites (tertiary alicyclic amines) is 1. The number of hydrogen-bond donors (Lipinski definition) is 1. The van der Waals surface area contributed by atoms with E-state index in [4.69, 9.17) is 0 Å². The van der Waals surface area contributed by atoms with Crippen LogP contribution in [-0.2, 0) is 13.1 Å². The summed E-state index contributed by atoms with van der Waals surface area (Å²) in [5.74, 6) is 0. The lowest BCUT2D eigenvalue weighted by Crippen LogP contribution is -2.20. The molecule has 3 rings (SSSR count). The van der Waals surface area contributed by atoms with E-state index in [1.807, 2.05) is 11.3 Å². The molecular formula is C16H22N2S. The van der Waals surface area contributed by atoms with Gasteiger partial charge in [0.05, 0.1) is 0 Å². The lowest BCUT2D eigenvalue weighted by atomic mass is 10.1. The largest absolute Gasteiger partial charge is 0.312 e. The Kier molecular flexibility index (Phi) is 4.16. The van der Waals surface area contributed by atoms with Gasteiger partial charge in [-0.1, -0.05) is 25.1 Å². The van der Waals surface area contributed by atoms with Crippen LogP contribution in [-0.4, -0.2) is 24.5 Å². The van der Waals surface area contributed by atoms with Crippen LogP contribution in [0.4, 0.5) is 0 Å². The Morgan fingerprint density at radius 3 is 2.79 bits per heavy atom. The van der Waals surface area contributed by atoms with Crippen LogP contribution in [0.15, 0.2) is 24.3 Å². The topological polar surface area (TPSA) is 15.3 Å². The van der Waals surface area contributed by atoms with Gasteiger partial charge < -0.3 is 5.32 Å². The quantitative estimate of drug-likeness (QED) is 0.896. The van der Waals surface area contributed by atoms with E-state index in [-0.39, 0.29) is 0 Å². The van der Waals surface area contributed by atoms with Crippen LogP contribution in [0.2, 0.25) is 0 Å². The molecule has 19 heavy (non-hydrogen) atoms. The zero-order chi connectivity index (χ0) is 13.1. The lowest BCUT2D eigenvalue weighted by molar-refractivity contribution is 0.332. The van der Waals surface area contributed by atoms with Crippen LogP contribution in [0.5, 0.6) is 0 Å². The molecule has 3 heteroatoms. The van der Waals surface area contributed by atoms with E-state index < -0.39 is 0 Å². The van der Waals surface area contributed by atoms with Gasteiger partial charge in [0.15, 0.2) is 0 Å². The monoisotopic (exact) mass is 274 g/mol. The average molecular weight is 274 g/mol. The summed E-state index contributed by atoms with van der Waals surface area (Å²) < 4.78 is 1.43. The van der Waals surface area contributed by atoms with Crippen molar-refractivity contribution in [2.75, 3.05) is 19.6 Å². The molecule has 0 spiro atoms. The molecule has 0 radical (unpaired) electrons. The van der Waals surface area contributed by atoms with E-state index in [0.29, 0.717) is 0 Å². The first-order valence-corrected chi connectivity index (χ1v) is 8.12. The molecular weight excluding hydrogens is 252 g/mol. The zero-order valence-electron chi connectivity index (χ0n) is 11.6. The van der Waals surface area contributed by atoms with Crippen LogP contribution in [0.3, 0.4) is 0 Å². The fraction of sp³-hybridized carbons (Fsp3) is 0.500. The fourth-order valence-corrected chi connectivity index (χ4v) is 4.05. The van der Waals surface area contributed by atoms with Gasteiger partial charge in [0, 0.05) is 22.7 Å². The predicted molar refractivity (Wildman–Crippen MR) is 83.7 cm³/mol. The molecule has 0 amide bonds. The normalized spacial score (nSPS) is 16.5. The number of nitrogens with zero attached hydrogens (tertiary/aromatic N) is 1. The smallest absolute Gasteiger partial charge is 0.0349 e. The Morgan fingerprint density at radius 2 is 2.00 bits per heavy atom. The highest BCUT2D eigenvalue weighted by Crippen LogP contribution is 2.32. The van der Waals surface area contributed by atoms with Gasteiger partial charge >= 0.3 is 0 Å². The zero-order valence-corrected chi connectivity index (χ0v) is 12.4. The van der Waals surface area contributed by atoms with E-state index in [0.717, 1.165) is 19.6 Å². The molecule has 1 N–H and O–H groups in total. The molecule has 1 aromatic heterocycles. The molecule has 1 aliphatic heterocycles. The summed E-state index contributed by atoms with van der Waals surface area (Å²) in [7, 11) is 0. The number of thiophene rings is 1. The standard InChI is InChI=1S/C16H22N2S/c1-2-17-11-16-14(12-18-9-5-6-10-18)13-7-3-4-8-15(13)19-16/h3-4,7-8,17H,2,5-6,9-12H2,1H3. The predicted octanol–water partition coefficient (Wildman–Crippen LogP) is 3.61. The van der Waals surface area contributed by atoms with E-state index in [1.165, 1.54) is 40.9 Å². The number of hydrogen-bond acceptors (Lipinski definition) is 3. The number of benzene rings is 1. The van der Waals surface area contributed by atoms with Crippen molar-refractivity contribution >= 4 is 21.4 Å². The van der Waals surface area contributed by atoms with Gasteiger partial charge in [-0.2, -0.15) is 0 Å². The Bertz CT molecular complexity index is 541. The van der Waals surface area contributed by atoms with Crippen molar-refractivity contribution in [1.29, 1.82) is 0 Å². The molecule has 0 bridgehead atoms. The molecule has 1 saturated heterocycles. The number of fused-ring (bicyclic) bond motifs is 1. The Balaban J connectivity index is 1.92. The van der Waals surface area contributed by atoms with Crippen LogP contribution < -0.4 is 5.32 Å². The Labute approximate surface area is 119 Å². The van der Waals surface area contributed by atoms with E-state index in [9.17, 15) is 0 Å². The van der Waals surface area contributed by atoms with Crippen molar-refractivity contribution in [3.63, 3.8) is 0 Å². The first kappa shape index (κ1) is 13.1. The molecule has 0 saturated carbocycles. The summed E-state index contributed by atoms with van der Waals surface area (Å²) in [6, 6.07) is 8.85. The van der Waals surface area contributed by atoms with Gasteiger partial charge in [-0.15, -0.1) is 11.3 Å². The number of rotatable bonds is 5. The Hall–Kier alpha value is -0.900. The van der Waals surface area contributed by atoms with Crippen molar-refractivity contribution in [1.82, 2.24) is 10.2 Å². The highest BCUT2D eigenvalue weighted by molar-refractivity contribution is 7.19. The SMILES string of the molecule is CCNCc1sc2ccccc2c1CN1CCCC1. The molecule has 2 aromatic rings. The lowest BCUT2D eigenvalue weighted by Gasteiger charge is -2.15. The van der Waals surface area contributed by atoms with Crippen molar-refractivity contribution in [2.45, 2.75) is 32.9 Å². The molecule has 1 fully saturated rings. The van der Waals surface area contributed by atoms with Crippen LogP contribution in [0, 0.1) is 0 Å². The highest BCUT2D eigenvalue weighted by atomic mass is 32.1. The minimum Gasteiger partial charge on any atom is -0.312 e. The summed E-state index contributed by atoms with van der Waals surface area (Å²) in [4.78, 5) is 4.12. The summed E-state index contributed by atoms with van der Waals surface area (Å²) in [5, 5.41) is 4.95. The van der Waals surface area contributed by atoms with Gasteiger partial charge in [0.25, 0.3) is 0 Å². The second-order valence-corrected chi connectivity index (χ2v) is 6.40. The van der Waals surface area contributed by atoms with Gasteiger partial charge in [-0.05, 0) is 49.5 Å². The van der Waals surface area contributed by atoms with Gasteiger partial charge in [-0.25, -0.2) is 0 Å². The average Bonchev–Trinajstić information content (AvgIpc) is 3.06. The van der Waals surface area contributed by atoms with Crippen LogP contribution in [0.25, 0.3) is 10.1 Å². The molecule has 2 nitrogen and oxygen atoms in total. The van der Waals surface area contributed by atoms with Crippen molar-refractivity contribution in [2.24, 2.45) is 0 Å². The maximum Gasteiger partial charge on any atom is 0.0349 e. The van der Waals surface area contributed by atoms with Gasteiger partial charge in [0.1, 0.15) is 0 Å². The third-order valence-electron chi connectivity index (χ3n) is 3.90. The molecule has 1 aliphatic rings. The summed E-state index contributed by atoms with van der Waals surface area (Å²) in [5.41, 5.74) is 1.56. The molecule has 0 atom stereocenters. The second kappa shape index (κ2) is 6.04. The van der Waals surface area contributed by atoms with E-state index in [2.05, 4.69) is 41.4 Å². The second-order valence-electron chi connectivity index (χ2n) is 5.26. The summed E-state index contributed by atoms with van der Waals surface area (Å²) >= 11 is 1.96.